The van der Waals surface area contributed by atoms with Gasteiger partial charge in [-0.3, -0.25) is 4.79 Å². The Morgan fingerprint density at radius 1 is 1.03 bits per heavy atom. The third kappa shape index (κ3) is 4.13. The van der Waals surface area contributed by atoms with E-state index in [1.165, 1.54) is 25.1 Å². The number of anilines is 3. The Kier molecular flexibility index (Phi) is 5.20. The van der Waals surface area contributed by atoms with Gasteiger partial charge in [0.1, 0.15) is 4.60 Å². The minimum absolute atomic E-state index is 0.0587. The van der Waals surface area contributed by atoms with Gasteiger partial charge in [-0.05, 0) is 84.6 Å². The van der Waals surface area contributed by atoms with Crippen LogP contribution in [0.3, 0.4) is 0 Å². The number of aromatic nitrogens is 1. The van der Waals surface area contributed by atoms with Gasteiger partial charge in [0.2, 0.25) is 5.91 Å². The standard InChI is InChI=1S/C23H27BrN4O/c24-21-13-12-20-23(26-21)28(15-22(29)25-20)19-10-8-18(9-11-19)27(14-16-6-7-16)17-4-2-1-3-5-17/h1-5,12-13,16,18-19H,6-11,14-15H2,(H,25,29). The second kappa shape index (κ2) is 7.98. The fourth-order valence-electron chi connectivity index (χ4n) is 4.81. The molecule has 1 N–H and O–H groups in total. The zero-order chi connectivity index (χ0) is 19.8. The van der Waals surface area contributed by atoms with Gasteiger partial charge < -0.3 is 15.1 Å². The second-order valence-electron chi connectivity index (χ2n) is 8.57. The number of para-hydroxylation sites is 1. The molecule has 5 rings (SSSR count). The molecular weight excluding hydrogens is 428 g/mol. The van der Waals surface area contributed by atoms with Gasteiger partial charge in [0, 0.05) is 24.3 Å². The van der Waals surface area contributed by atoms with Crippen molar-refractivity contribution in [1.82, 2.24) is 4.98 Å². The van der Waals surface area contributed by atoms with Crippen LogP contribution in [0, 0.1) is 5.92 Å². The molecule has 2 aromatic rings. The van der Waals surface area contributed by atoms with E-state index in [2.05, 4.69) is 66.4 Å². The van der Waals surface area contributed by atoms with Gasteiger partial charge >= 0.3 is 0 Å². The van der Waals surface area contributed by atoms with Crippen molar-refractivity contribution in [2.75, 3.05) is 28.2 Å². The van der Waals surface area contributed by atoms with Gasteiger partial charge in [0.25, 0.3) is 0 Å². The summed E-state index contributed by atoms with van der Waals surface area (Å²) in [5.41, 5.74) is 2.18. The van der Waals surface area contributed by atoms with Gasteiger partial charge in [0.05, 0.1) is 12.2 Å². The molecule has 1 aliphatic heterocycles. The van der Waals surface area contributed by atoms with Gasteiger partial charge in [-0.15, -0.1) is 0 Å². The molecule has 3 aliphatic rings. The first-order valence-corrected chi connectivity index (χ1v) is 11.5. The van der Waals surface area contributed by atoms with Crippen LogP contribution in [0.2, 0.25) is 0 Å². The van der Waals surface area contributed by atoms with E-state index in [0.717, 1.165) is 47.7 Å². The lowest BCUT2D eigenvalue weighted by atomic mass is 9.88. The highest BCUT2D eigenvalue weighted by molar-refractivity contribution is 9.10. The smallest absolute Gasteiger partial charge is 0.244 e. The lowest BCUT2D eigenvalue weighted by Gasteiger charge is -2.43. The molecule has 1 amide bonds. The second-order valence-corrected chi connectivity index (χ2v) is 9.39. The quantitative estimate of drug-likeness (QED) is 0.657. The first-order chi connectivity index (χ1) is 14.2. The van der Waals surface area contributed by atoms with Crippen LogP contribution < -0.4 is 15.1 Å². The molecule has 0 unspecified atom stereocenters. The number of hydrogen-bond donors (Lipinski definition) is 1. The molecule has 2 saturated carbocycles. The van der Waals surface area contributed by atoms with Crippen LogP contribution in [0.4, 0.5) is 17.2 Å². The first-order valence-electron chi connectivity index (χ1n) is 10.7. The molecule has 2 fully saturated rings. The zero-order valence-electron chi connectivity index (χ0n) is 16.6. The monoisotopic (exact) mass is 454 g/mol. The summed E-state index contributed by atoms with van der Waals surface area (Å²) in [5.74, 6) is 1.83. The van der Waals surface area contributed by atoms with Crippen molar-refractivity contribution < 1.29 is 4.79 Å². The number of carbonyl (C=O) groups is 1. The largest absolute Gasteiger partial charge is 0.368 e. The average Bonchev–Trinajstić information content (AvgIpc) is 3.57. The Hall–Kier alpha value is -2.08. The number of benzene rings is 1. The van der Waals surface area contributed by atoms with E-state index < -0.39 is 0 Å². The predicted octanol–water partition coefficient (Wildman–Crippen LogP) is 4.83. The normalized spacial score (nSPS) is 24.0. The van der Waals surface area contributed by atoms with Crippen LogP contribution in [0.1, 0.15) is 38.5 Å². The summed E-state index contributed by atoms with van der Waals surface area (Å²) in [6, 6.07) is 15.7. The Morgan fingerprint density at radius 2 is 1.79 bits per heavy atom. The number of amides is 1. The third-order valence-electron chi connectivity index (χ3n) is 6.49. The maximum atomic E-state index is 12.2. The van der Waals surface area contributed by atoms with E-state index in [-0.39, 0.29) is 5.91 Å². The van der Waals surface area contributed by atoms with E-state index in [4.69, 9.17) is 0 Å². The Labute approximate surface area is 180 Å². The van der Waals surface area contributed by atoms with Crippen molar-refractivity contribution in [3.63, 3.8) is 0 Å². The predicted molar refractivity (Wildman–Crippen MR) is 120 cm³/mol. The molecular formula is C23H27BrN4O. The molecule has 1 aromatic heterocycles. The molecule has 6 heteroatoms. The summed E-state index contributed by atoms with van der Waals surface area (Å²) < 4.78 is 0.811. The topological polar surface area (TPSA) is 48.5 Å². The summed E-state index contributed by atoms with van der Waals surface area (Å²) in [4.78, 5) is 21.8. The summed E-state index contributed by atoms with van der Waals surface area (Å²) in [6.45, 7) is 1.58. The Morgan fingerprint density at radius 3 is 2.52 bits per heavy atom. The number of nitrogens with zero attached hydrogens (tertiary/aromatic N) is 3. The van der Waals surface area contributed by atoms with Gasteiger partial charge in [-0.2, -0.15) is 0 Å². The lowest BCUT2D eigenvalue weighted by Crippen LogP contribution is -2.49. The van der Waals surface area contributed by atoms with Crippen molar-refractivity contribution in [2.45, 2.75) is 50.6 Å². The van der Waals surface area contributed by atoms with Crippen LogP contribution in [0.5, 0.6) is 0 Å². The Balaban J connectivity index is 1.31. The maximum Gasteiger partial charge on any atom is 0.244 e. The highest BCUT2D eigenvalue weighted by Crippen LogP contribution is 2.38. The number of nitrogens with one attached hydrogen (secondary N) is 1. The lowest BCUT2D eigenvalue weighted by molar-refractivity contribution is -0.115. The first kappa shape index (κ1) is 18.9. The summed E-state index contributed by atoms with van der Waals surface area (Å²) in [5, 5.41) is 2.96. The van der Waals surface area contributed by atoms with Crippen molar-refractivity contribution in [3.05, 3.63) is 47.1 Å². The molecule has 0 atom stereocenters. The number of carbonyl (C=O) groups excluding carboxylic acids is 1. The fourth-order valence-corrected chi connectivity index (χ4v) is 5.11. The number of halogens is 1. The molecule has 5 nitrogen and oxygen atoms in total. The number of fused-ring (bicyclic) bond motifs is 1. The van der Waals surface area contributed by atoms with Crippen molar-refractivity contribution in [1.29, 1.82) is 0 Å². The van der Waals surface area contributed by atoms with E-state index in [1.807, 2.05) is 12.1 Å². The van der Waals surface area contributed by atoms with Crippen LogP contribution in [-0.4, -0.2) is 36.1 Å². The number of rotatable bonds is 5. The number of pyridine rings is 1. The summed E-state index contributed by atoms with van der Waals surface area (Å²) in [7, 11) is 0. The highest BCUT2D eigenvalue weighted by Gasteiger charge is 2.35. The van der Waals surface area contributed by atoms with Crippen molar-refractivity contribution in [3.8, 4) is 0 Å². The zero-order valence-corrected chi connectivity index (χ0v) is 18.1. The van der Waals surface area contributed by atoms with Crippen LogP contribution in [-0.2, 0) is 4.79 Å². The minimum atomic E-state index is 0.0587. The molecule has 0 saturated heterocycles. The SMILES string of the molecule is O=C1CN(C2CCC(N(CC3CC3)c3ccccc3)CC2)c2nc(Br)ccc2N1. The van der Waals surface area contributed by atoms with Gasteiger partial charge in [-0.25, -0.2) is 4.98 Å². The summed E-state index contributed by atoms with van der Waals surface area (Å²) in [6.07, 6.45) is 7.26. The van der Waals surface area contributed by atoms with Crippen molar-refractivity contribution >= 4 is 39.0 Å². The third-order valence-corrected chi connectivity index (χ3v) is 6.93. The fraction of sp³-hybridized carbons (Fsp3) is 0.478. The minimum Gasteiger partial charge on any atom is -0.368 e. The molecule has 0 spiro atoms. The number of hydrogen-bond acceptors (Lipinski definition) is 4. The van der Waals surface area contributed by atoms with E-state index in [0.29, 0.717) is 18.6 Å². The van der Waals surface area contributed by atoms with Gasteiger partial charge in [-0.1, -0.05) is 18.2 Å². The van der Waals surface area contributed by atoms with E-state index >= 15 is 0 Å². The maximum absolute atomic E-state index is 12.2. The molecule has 2 heterocycles. The average molecular weight is 455 g/mol. The molecule has 0 radical (unpaired) electrons. The van der Waals surface area contributed by atoms with Crippen LogP contribution in [0.15, 0.2) is 47.1 Å². The van der Waals surface area contributed by atoms with Crippen LogP contribution in [0.25, 0.3) is 0 Å². The molecule has 152 valence electrons. The van der Waals surface area contributed by atoms with E-state index in [9.17, 15) is 4.79 Å². The van der Waals surface area contributed by atoms with Gasteiger partial charge in [0.15, 0.2) is 5.82 Å². The molecule has 0 bridgehead atoms. The Bertz CT molecular complexity index is 878. The summed E-state index contributed by atoms with van der Waals surface area (Å²) >= 11 is 3.48. The molecule has 29 heavy (non-hydrogen) atoms. The molecule has 2 aliphatic carbocycles. The molecule has 1 aromatic carbocycles. The van der Waals surface area contributed by atoms with Crippen LogP contribution >= 0.6 is 15.9 Å². The van der Waals surface area contributed by atoms with E-state index in [1.54, 1.807) is 0 Å². The highest BCUT2D eigenvalue weighted by atomic mass is 79.9. The van der Waals surface area contributed by atoms with Crippen molar-refractivity contribution in [2.24, 2.45) is 5.92 Å².